The van der Waals surface area contributed by atoms with Crippen LogP contribution in [-0.2, 0) is 33.8 Å². The van der Waals surface area contributed by atoms with Crippen molar-refractivity contribution in [3.8, 4) is 0 Å². The van der Waals surface area contributed by atoms with Crippen molar-refractivity contribution in [2.45, 2.75) is 30.8 Å². The van der Waals surface area contributed by atoms with Gasteiger partial charge in [-0.05, 0) is 29.8 Å². The first kappa shape index (κ1) is 22.9. The topological polar surface area (TPSA) is 136 Å². The molecule has 1 fully saturated rings. The number of sulfone groups is 1. The molecule has 1 heterocycles. The summed E-state index contributed by atoms with van der Waals surface area (Å²) in [6.07, 6.45) is -2.96. The summed E-state index contributed by atoms with van der Waals surface area (Å²) in [6, 6.07) is 13.7. The third-order valence-electron chi connectivity index (χ3n) is 4.46. The van der Waals surface area contributed by atoms with E-state index in [9.17, 15) is 27.6 Å². The number of benzene rings is 2. The number of ether oxygens (including phenoxy) is 1. The summed E-state index contributed by atoms with van der Waals surface area (Å²) in [4.78, 5) is 51.7. The number of imide groups is 1. The largest absolute Gasteiger partial charge is 0.534 e. The van der Waals surface area contributed by atoms with Gasteiger partial charge in [0, 0.05) is 25.5 Å². The minimum absolute atomic E-state index is 0.0184. The molecule has 3 rings (SSSR count). The fraction of sp³-hybridized carbons (Fsp3) is 0.238. The quantitative estimate of drug-likeness (QED) is 0.491. The molecule has 0 aliphatic carbocycles. The predicted octanol–water partition coefficient (Wildman–Crippen LogP) is 2.38. The third kappa shape index (κ3) is 5.70. The lowest BCUT2D eigenvalue weighted by Gasteiger charge is -2.20. The van der Waals surface area contributed by atoms with Gasteiger partial charge in [-0.25, -0.2) is 13.2 Å². The van der Waals surface area contributed by atoms with Gasteiger partial charge in [-0.15, -0.1) is 0 Å². The monoisotopic (exact) mass is 460 g/mol. The van der Waals surface area contributed by atoms with Crippen molar-refractivity contribution >= 4 is 39.4 Å². The average molecular weight is 460 g/mol. The Kier molecular flexibility index (Phi) is 6.89. The van der Waals surface area contributed by atoms with E-state index in [1.807, 2.05) is 0 Å². The second-order valence-electron chi connectivity index (χ2n) is 6.93. The number of rotatable bonds is 7. The number of hydrogen-bond donors (Lipinski definition) is 1. The molecule has 10 nitrogen and oxygen atoms in total. The van der Waals surface area contributed by atoms with E-state index in [1.54, 1.807) is 30.3 Å². The lowest BCUT2D eigenvalue weighted by Crippen LogP contribution is -2.33. The first-order chi connectivity index (χ1) is 15.2. The van der Waals surface area contributed by atoms with Gasteiger partial charge in [0.2, 0.25) is 5.91 Å². The summed E-state index contributed by atoms with van der Waals surface area (Å²) in [6.45, 7) is 1.31. The SMILES string of the molecule is CC(=O)Nc1cccc(C(CS(=O)(=O)c2ccccc2)OC(=O)ON2C(=O)CCC2=O)c1. The summed E-state index contributed by atoms with van der Waals surface area (Å²) < 4.78 is 31.0. The van der Waals surface area contributed by atoms with E-state index in [0.29, 0.717) is 10.8 Å². The Morgan fingerprint density at radius 2 is 1.69 bits per heavy atom. The highest BCUT2D eigenvalue weighted by molar-refractivity contribution is 7.91. The average Bonchev–Trinajstić information content (AvgIpc) is 3.05. The van der Waals surface area contributed by atoms with Crippen molar-refractivity contribution < 1.29 is 37.2 Å². The number of carbonyl (C=O) groups is 4. The first-order valence-corrected chi connectivity index (χ1v) is 11.2. The molecule has 1 aliphatic heterocycles. The smallest absolute Gasteiger partial charge is 0.423 e. The molecule has 1 unspecified atom stereocenters. The molecule has 1 atom stereocenters. The molecule has 2 aromatic carbocycles. The van der Waals surface area contributed by atoms with Gasteiger partial charge in [0.1, 0.15) is 6.10 Å². The Labute approximate surface area is 184 Å². The lowest BCUT2D eigenvalue weighted by molar-refractivity contribution is -0.178. The third-order valence-corrected chi connectivity index (χ3v) is 6.19. The van der Waals surface area contributed by atoms with Crippen LogP contribution >= 0.6 is 0 Å². The lowest BCUT2D eigenvalue weighted by atomic mass is 10.1. The molecule has 0 spiro atoms. The van der Waals surface area contributed by atoms with Gasteiger partial charge >= 0.3 is 6.16 Å². The molecule has 1 aliphatic rings. The molecule has 0 aromatic heterocycles. The zero-order chi connectivity index (χ0) is 23.3. The van der Waals surface area contributed by atoms with Gasteiger partial charge in [0.25, 0.3) is 11.8 Å². The minimum atomic E-state index is -3.91. The van der Waals surface area contributed by atoms with E-state index in [2.05, 4.69) is 5.32 Å². The van der Waals surface area contributed by atoms with Crippen LogP contribution in [-0.4, -0.2) is 43.1 Å². The van der Waals surface area contributed by atoms with Crippen LogP contribution in [0, 0.1) is 0 Å². The van der Waals surface area contributed by atoms with E-state index in [-0.39, 0.29) is 29.2 Å². The standard InChI is InChI=1S/C21H20N2O8S/c1-14(24)22-16-7-5-6-15(12-16)18(13-32(28,29)17-8-3-2-4-9-17)30-21(27)31-23-19(25)10-11-20(23)26/h2-9,12,18H,10-11,13H2,1H3,(H,22,24). The van der Waals surface area contributed by atoms with Crippen molar-refractivity contribution in [1.82, 2.24) is 5.06 Å². The Hall–Kier alpha value is -3.73. The van der Waals surface area contributed by atoms with Crippen LogP contribution in [0.25, 0.3) is 0 Å². The molecule has 1 N–H and O–H groups in total. The number of nitrogens with zero attached hydrogens (tertiary/aromatic N) is 1. The Morgan fingerprint density at radius 3 is 2.31 bits per heavy atom. The zero-order valence-electron chi connectivity index (χ0n) is 17.0. The summed E-state index contributed by atoms with van der Waals surface area (Å²) in [7, 11) is -3.91. The second-order valence-corrected chi connectivity index (χ2v) is 8.96. The Morgan fingerprint density at radius 1 is 1.03 bits per heavy atom. The van der Waals surface area contributed by atoms with E-state index >= 15 is 0 Å². The van der Waals surface area contributed by atoms with Crippen LogP contribution in [0.2, 0.25) is 0 Å². The van der Waals surface area contributed by atoms with Gasteiger partial charge < -0.3 is 10.1 Å². The Bertz CT molecular complexity index is 1130. The minimum Gasteiger partial charge on any atom is -0.423 e. The normalized spacial score (nSPS) is 14.7. The first-order valence-electron chi connectivity index (χ1n) is 9.55. The van der Waals surface area contributed by atoms with E-state index in [4.69, 9.17) is 9.57 Å². The number of nitrogens with one attached hydrogen (secondary N) is 1. The van der Waals surface area contributed by atoms with Crippen LogP contribution in [0.3, 0.4) is 0 Å². The number of hydrogen-bond acceptors (Lipinski definition) is 8. The number of hydroxylamine groups is 2. The van der Waals surface area contributed by atoms with E-state index in [1.165, 1.54) is 31.2 Å². The summed E-state index contributed by atoms with van der Waals surface area (Å²) >= 11 is 0. The van der Waals surface area contributed by atoms with Gasteiger partial charge in [-0.3, -0.25) is 19.2 Å². The van der Waals surface area contributed by atoms with Crippen molar-refractivity contribution in [2.75, 3.05) is 11.1 Å². The maximum absolute atomic E-state index is 12.9. The van der Waals surface area contributed by atoms with Crippen molar-refractivity contribution in [3.63, 3.8) is 0 Å². The van der Waals surface area contributed by atoms with Crippen molar-refractivity contribution in [2.24, 2.45) is 0 Å². The fourth-order valence-electron chi connectivity index (χ4n) is 3.01. The number of anilines is 1. The van der Waals surface area contributed by atoms with Crippen molar-refractivity contribution in [3.05, 3.63) is 60.2 Å². The van der Waals surface area contributed by atoms with Gasteiger partial charge in [-0.1, -0.05) is 35.4 Å². The molecule has 32 heavy (non-hydrogen) atoms. The van der Waals surface area contributed by atoms with Crippen LogP contribution < -0.4 is 5.32 Å². The molecule has 0 bridgehead atoms. The molecule has 3 amide bonds. The summed E-state index contributed by atoms with van der Waals surface area (Å²) in [5, 5.41) is 2.86. The molecular weight excluding hydrogens is 440 g/mol. The maximum atomic E-state index is 12.9. The highest BCUT2D eigenvalue weighted by Gasteiger charge is 2.35. The molecule has 1 saturated heterocycles. The second kappa shape index (κ2) is 9.60. The van der Waals surface area contributed by atoms with Gasteiger partial charge in [-0.2, -0.15) is 0 Å². The maximum Gasteiger partial charge on any atom is 0.534 e. The van der Waals surface area contributed by atoms with Crippen LogP contribution in [0.4, 0.5) is 10.5 Å². The van der Waals surface area contributed by atoms with E-state index < -0.39 is 39.7 Å². The predicted molar refractivity (Wildman–Crippen MR) is 111 cm³/mol. The Balaban J connectivity index is 1.87. The molecule has 168 valence electrons. The van der Waals surface area contributed by atoms with Gasteiger partial charge in [0.15, 0.2) is 9.84 Å². The highest BCUT2D eigenvalue weighted by atomic mass is 32.2. The fourth-order valence-corrected chi connectivity index (χ4v) is 4.43. The number of carbonyl (C=O) groups excluding carboxylic acids is 4. The molecule has 0 radical (unpaired) electrons. The molecular formula is C21H20N2O8S. The van der Waals surface area contributed by atoms with Gasteiger partial charge in [0.05, 0.1) is 10.6 Å². The molecule has 11 heteroatoms. The summed E-state index contributed by atoms with van der Waals surface area (Å²) in [5.41, 5.74) is 0.616. The van der Waals surface area contributed by atoms with Crippen LogP contribution in [0.15, 0.2) is 59.5 Å². The van der Waals surface area contributed by atoms with E-state index in [0.717, 1.165) is 0 Å². The van der Waals surface area contributed by atoms with Crippen LogP contribution in [0.5, 0.6) is 0 Å². The molecule has 2 aromatic rings. The zero-order valence-corrected chi connectivity index (χ0v) is 17.8. The summed E-state index contributed by atoms with van der Waals surface area (Å²) in [5.74, 6) is -2.39. The van der Waals surface area contributed by atoms with Crippen molar-refractivity contribution in [1.29, 1.82) is 0 Å². The van der Waals surface area contributed by atoms with Crippen LogP contribution in [0.1, 0.15) is 31.4 Å². The highest BCUT2D eigenvalue weighted by Crippen LogP contribution is 2.26. The molecule has 0 saturated carbocycles. The number of amides is 3.